The molecule has 0 bridgehead atoms. The summed E-state index contributed by atoms with van der Waals surface area (Å²) < 4.78 is 33.0. The molecule has 148 valence electrons. The first-order chi connectivity index (χ1) is 12.7. The smallest absolute Gasteiger partial charge is 0.264 e. The van der Waals surface area contributed by atoms with Gasteiger partial charge in [-0.25, -0.2) is 8.42 Å². The van der Waals surface area contributed by atoms with Crippen molar-refractivity contribution in [3.05, 3.63) is 58.7 Å². The number of sulfonamides is 1. The molecule has 0 aliphatic carbocycles. The largest absolute Gasteiger partial charge is 0.495 e. The van der Waals surface area contributed by atoms with Gasteiger partial charge >= 0.3 is 0 Å². The fraction of sp³-hybridized carbons (Fsp3) is 0.350. The minimum Gasteiger partial charge on any atom is -0.495 e. The molecule has 1 aromatic carbocycles. The van der Waals surface area contributed by atoms with Crippen molar-refractivity contribution in [2.24, 2.45) is 0 Å². The monoisotopic (exact) mass is 392 g/mol. The van der Waals surface area contributed by atoms with E-state index < -0.39 is 15.9 Å². The minimum atomic E-state index is -3.97. The molecule has 0 spiro atoms. The third-order valence-corrected chi connectivity index (χ3v) is 5.74. The zero-order chi connectivity index (χ0) is 20.6. The number of carbonyl (C=O) groups excluding carboxylic acids is 1. The quantitative estimate of drug-likeness (QED) is 0.685. The highest BCUT2D eigenvalue weighted by Crippen LogP contribution is 2.33. The van der Waals surface area contributed by atoms with Crippen LogP contribution in [-0.2, 0) is 14.8 Å². The van der Waals surface area contributed by atoms with Crippen molar-refractivity contribution in [3.8, 4) is 5.75 Å². The Balaban J connectivity index is 3.54. The van der Waals surface area contributed by atoms with E-state index in [1.54, 1.807) is 52.0 Å². The Hall–Kier alpha value is -2.54. The highest BCUT2D eigenvalue weighted by atomic mass is 32.2. The van der Waals surface area contributed by atoms with Crippen molar-refractivity contribution in [3.63, 3.8) is 0 Å². The van der Waals surface area contributed by atoms with Crippen LogP contribution in [0.3, 0.4) is 0 Å². The molecule has 0 radical (unpaired) electrons. The highest BCUT2D eigenvalue weighted by molar-refractivity contribution is 7.96. The second-order valence-corrected chi connectivity index (χ2v) is 7.76. The SMILES string of the molecule is C/C=C\C(=C/C)S(=O)(=O)N(CC(=O)N/C(C)=C/C)c1cc(C)ccc1OC. The molecule has 7 heteroatoms. The Morgan fingerprint density at radius 2 is 1.89 bits per heavy atom. The number of hydrogen-bond donors (Lipinski definition) is 1. The maximum Gasteiger partial charge on any atom is 0.264 e. The van der Waals surface area contributed by atoms with Gasteiger partial charge in [-0.05, 0) is 58.4 Å². The summed E-state index contributed by atoms with van der Waals surface area (Å²) in [6, 6.07) is 5.20. The number of aryl methyl sites for hydroxylation is 1. The van der Waals surface area contributed by atoms with Gasteiger partial charge in [0.2, 0.25) is 5.91 Å². The van der Waals surface area contributed by atoms with E-state index >= 15 is 0 Å². The first-order valence-electron chi connectivity index (χ1n) is 8.60. The van der Waals surface area contributed by atoms with E-state index in [1.807, 2.05) is 13.0 Å². The summed E-state index contributed by atoms with van der Waals surface area (Å²) in [5, 5.41) is 2.68. The van der Waals surface area contributed by atoms with Crippen LogP contribution in [0.4, 0.5) is 5.69 Å². The van der Waals surface area contributed by atoms with Crippen LogP contribution < -0.4 is 14.4 Å². The summed E-state index contributed by atoms with van der Waals surface area (Å²) in [6.45, 7) is 8.38. The number of methoxy groups -OCH3 is 1. The van der Waals surface area contributed by atoms with E-state index in [0.29, 0.717) is 17.1 Å². The van der Waals surface area contributed by atoms with Gasteiger partial charge in [0.15, 0.2) is 0 Å². The number of benzene rings is 1. The van der Waals surface area contributed by atoms with Crippen LogP contribution in [-0.4, -0.2) is 28.0 Å². The van der Waals surface area contributed by atoms with E-state index in [1.165, 1.54) is 19.3 Å². The van der Waals surface area contributed by atoms with Crippen LogP contribution in [0.1, 0.15) is 33.3 Å². The van der Waals surface area contributed by atoms with E-state index in [2.05, 4.69) is 5.32 Å². The zero-order valence-electron chi connectivity index (χ0n) is 16.7. The average molecular weight is 393 g/mol. The van der Waals surface area contributed by atoms with Gasteiger partial charge in [0.25, 0.3) is 10.0 Å². The van der Waals surface area contributed by atoms with Crippen molar-refractivity contribution in [1.29, 1.82) is 0 Å². The molecule has 1 rings (SSSR count). The Bertz CT molecular complexity index is 868. The number of hydrogen-bond acceptors (Lipinski definition) is 4. The molecular formula is C20H28N2O4S. The molecule has 0 aliphatic rings. The normalized spacial score (nSPS) is 13.0. The standard InChI is InChI=1S/C20H28N2O4S/c1-7-10-17(9-3)27(24,25)22(14-20(23)21-16(5)8-2)18-13-15(4)11-12-19(18)26-6/h7-13H,14H2,1-6H3,(H,21,23)/b10-7-,16-8+,17-9+. The maximum atomic E-state index is 13.3. The summed E-state index contributed by atoms with van der Waals surface area (Å²) in [5.41, 5.74) is 1.81. The van der Waals surface area contributed by atoms with Crippen LogP contribution >= 0.6 is 0 Å². The molecule has 0 saturated carbocycles. The number of carbonyl (C=O) groups is 1. The molecule has 6 nitrogen and oxygen atoms in total. The van der Waals surface area contributed by atoms with E-state index in [9.17, 15) is 13.2 Å². The van der Waals surface area contributed by atoms with Gasteiger partial charge < -0.3 is 10.1 Å². The van der Waals surface area contributed by atoms with Gasteiger partial charge in [-0.2, -0.15) is 0 Å². The number of nitrogens with zero attached hydrogens (tertiary/aromatic N) is 1. The molecule has 1 aromatic rings. The molecule has 0 heterocycles. The summed E-state index contributed by atoms with van der Waals surface area (Å²) in [6.07, 6.45) is 6.38. The van der Waals surface area contributed by atoms with Gasteiger partial charge in [0.1, 0.15) is 12.3 Å². The molecule has 0 saturated heterocycles. The van der Waals surface area contributed by atoms with Crippen LogP contribution in [0.5, 0.6) is 5.75 Å². The number of rotatable bonds is 8. The number of nitrogens with one attached hydrogen (secondary N) is 1. The Kier molecular flexibility index (Phi) is 8.31. The number of allylic oxidation sites excluding steroid dienone is 5. The highest BCUT2D eigenvalue weighted by Gasteiger charge is 2.30. The molecular weight excluding hydrogens is 364 g/mol. The Morgan fingerprint density at radius 3 is 2.41 bits per heavy atom. The summed E-state index contributed by atoms with van der Waals surface area (Å²) in [4.78, 5) is 12.6. The van der Waals surface area contributed by atoms with Gasteiger partial charge in [-0.1, -0.05) is 24.3 Å². The van der Waals surface area contributed by atoms with Crippen molar-refractivity contribution in [1.82, 2.24) is 5.32 Å². The second kappa shape index (κ2) is 9.97. The van der Waals surface area contributed by atoms with E-state index in [4.69, 9.17) is 4.74 Å². The fourth-order valence-electron chi connectivity index (χ4n) is 2.38. The van der Waals surface area contributed by atoms with Crippen molar-refractivity contribution < 1.29 is 17.9 Å². The second-order valence-electron chi connectivity index (χ2n) is 5.90. The zero-order valence-corrected chi connectivity index (χ0v) is 17.6. The molecule has 0 unspecified atom stereocenters. The van der Waals surface area contributed by atoms with Crippen molar-refractivity contribution in [2.75, 3.05) is 18.0 Å². The molecule has 27 heavy (non-hydrogen) atoms. The number of amides is 1. The number of anilines is 1. The lowest BCUT2D eigenvalue weighted by molar-refractivity contribution is -0.118. The van der Waals surface area contributed by atoms with Gasteiger partial charge in [-0.15, -0.1) is 0 Å². The predicted octanol–water partition coefficient (Wildman–Crippen LogP) is 3.66. The topological polar surface area (TPSA) is 75.7 Å². The van der Waals surface area contributed by atoms with Gasteiger partial charge in [-0.3, -0.25) is 9.10 Å². The van der Waals surface area contributed by atoms with E-state index in [0.717, 1.165) is 9.87 Å². The van der Waals surface area contributed by atoms with Crippen LogP contribution in [0.2, 0.25) is 0 Å². The van der Waals surface area contributed by atoms with Crippen LogP contribution in [0, 0.1) is 6.92 Å². The fourth-order valence-corrected chi connectivity index (χ4v) is 3.93. The lowest BCUT2D eigenvalue weighted by Gasteiger charge is -2.26. The first kappa shape index (κ1) is 22.5. The summed E-state index contributed by atoms with van der Waals surface area (Å²) >= 11 is 0. The lowest BCUT2D eigenvalue weighted by atomic mass is 10.2. The minimum absolute atomic E-state index is 0.101. The third kappa shape index (κ3) is 5.72. The molecule has 0 aromatic heterocycles. The number of ether oxygens (including phenoxy) is 1. The summed E-state index contributed by atoms with van der Waals surface area (Å²) in [5.74, 6) is -0.0654. The lowest BCUT2D eigenvalue weighted by Crippen LogP contribution is -2.41. The van der Waals surface area contributed by atoms with Gasteiger partial charge in [0.05, 0.1) is 17.7 Å². The van der Waals surface area contributed by atoms with E-state index in [-0.39, 0.29) is 11.4 Å². The van der Waals surface area contributed by atoms with Crippen LogP contribution in [0.25, 0.3) is 0 Å². The molecule has 0 aliphatic heterocycles. The van der Waals surface area contributed by atoms with Crippen LogP contribution in [0.15, 0.2) is 53.1 Å². The van der Waals surface area contributed by atoms with Gasteiger partial charge in [0, 0.05) is 5.70 Å². The van der Waals surface area contributed by atoms with Crippen molar-refractivity contribution >= 4 is 21.6 Å². The molecule has 0 fully saturated rings. The Labute approximate surface area is 162 Å². The Morgan fingerprint density at radius 1 is 1.22 bits per heavy atom. The molecule has 1 N–H and O–H groups in total. The molecule has 0 atom stereocenters. The molecule has 1 amide bonds. The predicted molar refractivity (Wildman–Crippen MR) is 110 cm³/mol. The van der Waals surface area contributed by atoms with Crippen molar-refractivity contribution in [2.45, 2.75) is 34.6 Å². The average Bonchev–Trinajstić information content (AvgIpc) is 2.63. The third-order valence-electron chi connectivity index (χ3n) is 3.86. The summed E-state index contributed by atoms with van der Waals surface area (Å²) in [7, 11) is -2.50. The first-order valence-corrected chi connectivity index (χ1v) is 10.0. The maximum absolute atomic E-state index is 13.3.